The summed E-state index contributed by atoms with van der Waals surface area (Å²) in [5.41, 5.74) is 1.94. The van der Waals surface area contributed by atoms with Crippen LogP contribution in [0.15, 0.2) is 91.0 Å². The molecule has 0 radical (unpaired) electrons. The van der Waals surface area contributed by atoms with Gasteiger partial charge in [-0.25, -0.2) is 0 Å². The van der Waals surface area contributed by atoms with E-state index >= 15 is 0 Å². The zero-order chi connectivity index (χ0) is 16.8. The van der Waals surface area contributed by atoms with Crippen LogP contribution in [0.2, 0.25) is 0 Å². The molecule has 0 N–H and O–H groups in total. The number of carbonyl (C=O) groups excluding carboxylic acids is 1. The first-order valence-corrected chi connectivity index (χ1v) is 8.10. The smallest absolute Gasteiger partial charge is 0.247 e. The van der Waals surface area contributed by atoms with Crippen LogP contribution >= 0.6 is 11.6 Å². The molecule has 0 unspecified atom stereocenters. The molecule has 3 aromatic carbocycles. The Kier molecular flexibility index (Phi) is 5.09. The number of hydrogen-bond acceptors (Lipinski definition) is 2. The van der Waals surface area contributed by atoms with Crippen molar-refractivity contribution >= 4 is 16.8 Å². The van der Waals surface area contributed by atoms with Crippen LogP contribution in [-0.2, 0) is 15.1 Å². The van der Waals surface area contributed by atoms with E-state index in [9.17, 15) is 4.79 Å². The fourth-order valence-corrected chi connectivity index (χ4v) is 2.99. The molecule has 0 amide bonds. The van der Waals surface area contributed by atoms with Crippen molar-refractivity contribution in [3.63, 3.8) is 0 Å². The highest BCUT2D eigenvalue weighted by Gasteiger charge is 2.37. The largest absolute Gasteiger partial charge is 0.352 e. The Morgan fingerprint density at radius 3 is 1.33 bits per heavy atom. The first-order chi connectivity index (χ1) is 11.7. The van der Waals surface area contributed by atoms with Gasteiger partial charge in [0.25, 0.3) is 0 Å². The Morgan fingerprint density at radius 1 is 0.708 bits per heavy atom. The van der Waals surface area contributed by atoms with Crippen LogP contribution in [0.1, 0.15) is 16.7 Å². The molecular weight excluding hydrogens is 320 g/mol. The summed E-state index contributed by atoms with van der Waals surface area (Å²) in [6, 6.07) is 29.6. The molecule has 120 valence electrons. The highest BCUT2D eigenvalue weighted by atomic mass is 35.5. The van der Waals surface area contributed by atoms with Gasteiger partial charge in [-0.3, -0.25) is 4.79 Å². The van der Waals surface area contributed by atoms with Gasteiger partial charge in [-0.2, -0.15) is 0 Å². The predicted octanol–water partition coefficient (Wildman–Crippen LogP) is 4.76. The molecule has 2 nitrogen and oxygen atoms in total. The van der Waals surface area contributed by atoms with E-state index in [1.165, 1.54) is 0 Å². The van der Waals surface area contributed by atoms with E-state index in [1.54, 1.807) is 0 Å². The van der Waals surface area contributed by atoms with E-state index < -0.39 is 10.8 Å². The van der Waals surface area contributed by atoms with Crippen LogP contribution in [0.3, 0.4) is 0 Å². The summed E-state index contributed by atoms with van der Waals surface area (Å²) in [5, 5.41) is -0.526. The van der Waals surface area contributed by atoms with Gasteiger partial charge in [-0.1, -0.05) is 91.0 Å². The van der Waals surface area contributed by atoms with Crippen molar-refractivity contribution < 1.29 is 9.53 Å². The molecule has 0 aliphatic rings. The first-order valence-electron chi connectivity index (χ1n) is 7.72. The average Bonchev–Trinajstić information content (AvgIpc) is 2.65. The van der Waals surface area contributed by atoms with Crippen molar-refractivity contribution in [3.05, 3.63) is 108 Å². The van der Waals surface area contributed by atoms with Crippen LogP contribution in [0, 0.1) is 0 Å². The number of halogens is 1. The molecule has 0 aromatic heterocycles. The molecule has 3 heteroatoms. The van der Waals surface area contributed by atoms with Crippen molar-refractivity contribution in [1.82, 2.24) is 0 Å². The lowest BCUT2D eigenvalue weighted by molar-refractivity contribution is -0.119. The van der Waals surface area contributed by atoms with Gasteiger partial charge in [-0.05, 0) is 28.3 Å². The second kappa shape index (κ2) is 7.43. The van der Waals surface area contributed by atoms with Gasteiger partial charge in [-0.15, -0.1) is 0 Å². The van der Waals surface area contributed by atoms with Crippen molar-refractivity contribution in [3.8, 4) is 0 Å². The molecular formula is C21H17ClO2. The van der Waals surface area contributed by atoms with Gasteiger partial charge in [0.05, 0.1) is 0 Å². The number of rotatable bonds is 6. The molecule has 0 heterocycles. The van der Waals surface area contributed by atoms with E-state index in [-0.39, 0.29) is 6.61 Å². The maximum absolute atomic E-state index is 11.4. The summed E-state index contributed by atoms with van der Waals surface area (Å²) in [4.78, 5) is 11.4. The minimum Gasteiger partial charge on any atom is -0.352 e. The molecule has 3 rings (SSSR count). The normalized spacial score (nSPS) is 11.2. The number of hydrogen-bond donors (Lipinski definition) is 0. The predicted molar refractivity (Wildman–Crippen MR) is 96.0 cm³/mol. The second-order valence-corrected chi connectivity index (χ2v) is 5.84. The van der Waals surface area contributed by atoms with Crippen molar-refractivity contribution in [2.75, 3.05) is 6.61 Å². The Hall–Kier alpha value is -2.42. The Morgan fingerprint density at radius 2 is 1.04 bits per heavy atom. The topological polar surface area (TPSA) is 26.3 Å². The molecule has 0 aliphatic carbocycles. The van der Waals surface area contributed by atoms with E-state index in [2.05, 4.69) is 0 Å². The van der Waals surface area contributed by atoms with Crippen molar-refractivity contribution in [2.24, 2.45) is 0 Å². The SMILES string of the molecule is O=C(Cl)COC(c1ccccc1)(c1ccccc1)c1ccccc1. The van der Waals surface area contributed by atoms with Crippen LogP contribution in [0.5, 0.6) is 0 Å². The van der Waals surface area contributed by atoms with Gasteiger partial charge in [0.2, 0.25) is 5.24 Å². The summed E-state index contributed by atoms with van der Waals surface area (Å²) in [6.45, 7) is -0.180. The minimum absolute atomic E-state index is 0.180. The molecule has 24 heavy (non-hydrogen) atoms. The average molecular weight is 337 g/mol. The molecule has 0 saturated heterocycles. The molecule has 3 aromatic rings. The highest BCUT2D eigenvalue weighted by molar-refractivity contribution is 6.63. The standard InChI is InChI=1S/C21H17ClO2/c22-20(23)16-24-21(17-10-4-1-5-11-17,18-12-6-2-7-13-18)19-14-8-3-9-15-19/h1-15H,16H2. The van der Waals surface area contributed by atoms with Gasteiger partial charge >= 0.3 is 0 Å². The fourth-order valence-electron chi connectivity index (χ4n) is 2.93. The van der Waals surface area contributed by atoms with Crippen molar-refractivity contribution in [2.45, 2.75) is 5.60 Å². The Bertz CT molecular complexity index is 689. The first kappa shape index (κ1) is 16.4. The van der Waals surface area contributed by atoms with Gasteiger partial charge in [0.1, 0.15) is 12.2 Å². The summed E-state index contributed by atoms with van der Waals surface area (Å²) < 4.78 is 6.17. The van der Waals surface area contributed by atoms with E-state index in [1.807, 2.05) is 91.0 Å². The molecule has 0 atom stereocenters. The van der Waals surface area contributed by atoms with Crippen LogP contribution in [-0.4, -0.2) is 11.8 Å². The third-order valence-electron chi connectivity index (χ3n) is 3.94. The minimum atomic E-state index is -0.895. The number of benzene rings is 3. The highest BCUT2D eigenvalue weighted by Crippen LogP contribution is 2.40. The zero-order valence-corrected chi connectivity index (χ0v) is 13.8. The van der Waals surface area contributed by atoms with Crippen LogP contribution in [0.4, 0.5) is 0 Å². The Balaban J connectivity index is 2.26. The van der Waals surface area contributed by atoms with Crippen LogP contribution < -0.4 is 0 Å². The quantitative estimate of drug-likeness (QED) is 0.479. The summed E-state index contributed by atoms with van der Waals surface area (Å²) >= 11 is 5.58. The van der Waals surface area contributed by atoms with Crippen LogP contribution in [0.25, 0.3) is 0 Å². The summed E-state index contributed by atoms with van der Waals surface area (Å²) in [5.74, 6) is 0. The maximum atomic E-state index is 11.4. The molecule has 0 fully saturated rings. The van der Waals surface area contributed by atoms with Gasteiger partial charge < -0.3 is 4.74 Å². The van der Waals surface area contributed by atoms with Crippen molar-refractivity contribution in [1.29, 1.82) is 0 Å². The van der Waals surface area contributed by atoms with E-state index in [0.717, 1.165) is 16.7 Å². The van der Waals surface area contributed by atoms with Gasteiger partial charge in [0, 0.05) is 0 Å². The maximum Gasteiger partial charge on any atom is 0.247 e. The summed E-state index contributed by atoms with van der Waals surface area (Å²) in [7, 11) is 0. The van der Waals surface area contributed by atoms with E-state index in [0.29, 0.717) is 0 Å². The lowest BCUT2D eigenvalue weighted by Gasteiger charge is -2.35. The monoisotopic (exact) mass is 336 g/mol. The molecule has 0 bridgehead atoms. The second-order valence-electron chi connectivity index (χ2n) is 5.42. The number of ether oxygens (including phenoxy) is 1. The van der Waals surface area contributed by atoms with E-state index in [4.69, 9.17) is 16.3 Å². The zero-order valence-electron chi connectivity index (χ0n) is 13.1. The molecule has 0 saturated carbocycles. The molecule has 0 spiro atoms. The lowest BCUT2D eigenvalue weighted by Crippen LogP contribution is -2.34. The Labute approximate surface area is 146 Å². The third-order valence-corrected chi connectivity index (χ3v) is 4.05. The third kappa shape index (κ3) is 3.25. The lowest BCUT2D eigenvalue weighted by atomic mass is 9.80. The fraction of sp³-hybridized carbons (Fsp3) is 0.0952. The number of carbonyl (C=O) groups is 1. The molecule has 0 aliphatic heterocycles. The van der Waals surface area contributed by atoms with Gasteiger partial charge in [0.15, 0.2) is 0 Å². The summed E-state index contributed by atoms with van der Waals surface area (Å²) in [6.07, 6.45) is 0.